The lowest BCUT2D eigenvalue weighted by atomic mass is 10.1. The summed E-state index contributed by atoms with van der Waals surface area (Å²) in [4.78, 5) is 0. The van der Waals surface area contributed by atoms with Crippen molar-refractivity contribution in [1.29, 1.82) is 0 Å². The van der Waals surface area contributed by atoms with Crippen molar-refractivity contribution >= 4 is 5.69 Å². The second kappa shape index (κ2) is 5.92. The molecule has 0 aliphatic heterocycles. The van der Waals surface area contributed by atoms with Crippen LogP contribution in [0.25, 0.3) is 0 Å². The van der Waals surface area contributed by atoms with Crippen molar-refractivity contribution in [3.8, 4) is 0 Å². The quantitative estimate of drug-likeness (QED) is 0.801. The maximum atomic E-state index is 7.90. The molecule has 2 rings (SSSR count). The first-order valence-electron chi connectivity index (χ1n) is 5.80. The first-order valence-corrected chi connectivity index (χ1v) is 5.80. The molecule has 2 aromatic carbocycles. The zero-order valence-corrected chi connectivity index (χ0v) is 10.3. The van der Waals surface area contributed by atoms with E-state index in [4.69, 9.17) is 11.3 Å². The molecule has 0 bridgehead atoms. The summed E-state index contributed by atoms with van der Waals surface area (Å²) in [6.45, 7) is 7.90. The molecule has 2 heteroatoms. The lowest BCUT2D eigenvalue weighted by Crippen LogP contribution is -2.14. The Morgan fingerprint density at radius 2 is 1.56 bits per heavy atom. The van der Waals surface area contributed by atoms with Gasteiger partial charge in [-0.3, -0.25) is 0 Å². The number of benzene rings is 2. The molecule has 1 unspecified atom stereocenters. The van der Waals surface area contributed by atoms with E-state index < -0.39 is 0 Å². The molecular formula is C16H15NO. The zero-order valence-electron chi connectivity index (χ0n) is 10.3. The molecule has 0 aromatic heterocycles. The van der Waals surface area contributed by atoms with Crippen molar-refractivity contribution in [1.82, 2.24) is 0 Å². The highest BCUT2D eigenvalue weighted by Crippen LogP contribution is 2.25. The Morgan fingerprint density at radius 3 is 2.11 bits per heavy atom. The molecule has 0 spiro atoms. The van der Waals surface area contributed by atoms with Crippen LogP contribution in [-0.2, 0) is 4.74 Å². The fourth-order valence-corrected chi connectivity index (χ4v) is 1.76. The highest BCUT2D eigenvalue weighted by Gasteiger charge is 2.15. The Hall–Kier alpha value is -2.22. The van der Waals surface area contributed by atoms with Crippen molar-refractivity contribution < 1.29 is 4.74 Å². The molecule has 0 saturated carbocycles. The van der Waals surface area contributed by atoms with E-state index in [0.717, 1.165) is 11.3 Å². The average Bonchev–Trinajstić information content (AvgIpc) is 2.46. The van der Waals surface area contributed by atoms with Crippen LogP contribution < -0.4 is 5.32 Å². The van der Waals surface area contributed by atoms with E-state index in [1.54, 1.807) is 0 Å². The first-order chi connectivity index (χ1) is 8.81. The summed E-state index contributed by atoms with van der Waals surface area (Å²) in [6, 6.07) is 19.4. The summed E-state index contributed by atoms with van der Waals surface area (Å²) >= 11 is 0. The van der Waals surface area contributed by atoms with Gasteiger partial charge in [-0.05, 0) is 17.7 Å². The average molecular weight is 237 g/mol. The van der Waals surface area contributed by atoms with E-state index in [-0.39, 0.29) is 11.8 Å². The molecule has 1 atom stereocenters. The van der Waals surface area contributed by atoms with Crippen LogP contribution in [0.3, 0.4) is 0 Å². The number of methoxy groups -OCH3 is 1. The number of anilines is 1. The van der Waals surface area contributed by atoms with Crippen molar-refractivity contribution in [3.05, 3.63) is 78.6 Å². The molecule has 90 valence electrons. The van der Waals surface area contributed by atoms with Gasteiger partial charge in [-0.2, -0.15) is 0 Å². The number of hydrogen-bond donors (Lipinski definition) is 1. The van der Waals surface area contributed by atoms with E-state index in [2.05, 4.69) is 5.32 Å². The molecule has 2 nitrogen and oxygen atoms in total. The van der Waals surface area contributed by atoms with Crippen molar-refractivity contribution in [2.24, 2.45) is 0 Å². The predicted octanol–water partition coefficient (Wildman–Crippen LogP) is 3.68. The smallest absolute Gasteiger partial charge is 0.131 e. The topological polar surface area (TPSA) is 21.3 Å². The van der Waals surface area contributed by atoms with Gasteiger partial charge in [0.15, 0.2) is 0 Å². The second-order valence-electron chi connectivity index (χ2n) is 3.92. The Kier molecular flexibility index (Phi) is 4.02. The lowest BCUT2D eigenvalue weighted by Gasteiger charge is -2.21. The maximum Gasteiger partial charge on any atom is 0.131 e. The number of para-hydroxylation sites is 1. The molecule has 18 heavy (non-hydrogen) atoms. The van der Waals surface area contributed by atoms with Crippen LogP contribution in [0.1, 0.15) is 11.6 Å². The van der Waals surface area contributed by atoms with Crippen LogP contribution >= 0.6 is 0 Å². The van der Waals surface area contributed by atoms with Crippen LogP contribution in [0, 0.1) is 6.58 Å². The molecule has 0 heterocycles. The number of rotatable bonds is 5. The Morgan fingerprint density at radius 1 is 1.00 bits per heavy atom. The van der Waals surface area contributed by atoms with Gasteiger partial charge in [0.1, 0.15) is 11.8 Å². The van der Waals surface area contributed by atoms with Crippen molar-refractivity contribution in [2.75, 3.05) is 12.4 Å². The summed E-state index contributed by atoms with van der Waals surface area (Å²) in [6.07, 6.45) is 0. The standard InChI is InChI=1S/C16H15NO/c1-13(18-2)16(14-9-5-3-6-10-14)17-15-11-7-4-8-12-15/h3-12,16-17H,2H3. The van der Waals surface area contributed by atoms with Crippen molar-refractivity contribution in [3.63, 3.8) is 0 Å². The van der Waals surface area contributed by atoms with Crippen LogP contribution in [0.5, 0.6) is 0 Å². The minimum Gasteiger partial charge on any atom is -0.498 e. The first kappa shape index (κ1) is 12.2. The summed E-state index contributed by atoms with van der Waals surface area (Å²) in [5.74, 6) is 0.199. The maximum absolute atomic E-state index is 7.90. The van der Waals surface area contributed by atoms with Gasteiger partial charge in [0.05, 0.1) is 7.11 Å². The monoisotopic (exact) mass is 237 g/mol. The molecule has 0 saturated heterocycles. The third-order valence-corrected chi connectivity index (χ3v) is 2.70. The molecule has 2 radical (unpaired) electrons. The van der Waals surface area contributed by atoms with Crippen LogP contribution in [0.15, 0.2) is 66.4 Å². The van der Waals surface area contributed by atoms with E-state index in [9.17, 15) is 0 Å². The molecule has 2 aromatic rings. The van der Waals surface area contributed by atoms with Gasteiger partial charge < -0.3 is 10.1 Å². The lowest BCUT2D eigenvalue weighted by molar-refractivity contribution is 0.270. The SMILES string of the molecule is [C]=C(OC)C(Nc1ccccc1)c1ccccc1. The second-order valence-corrected chi connectivity index (χ2v) is 3.92. The summed E-state index contributed by atoms with van der Waals surface area (Å²) in [7, 11) is 1.52. The van der Waals surface area contributed by atoms with Gasteiger partial charge in [-0.25, -0.2) is 0 Å². The van der Waals surface area contributed by atoms with Crippen LogP contribution in [0.4, 0.5) is 5.69 Å². The largest absolute Gasteiger partial charge is 0.498 e. The Labute approximate surface area is 108 Å². The Bertz CT molecular complexity index is 493. The van der Waals surface area contributed by atoms with Gasteiger partial charge in [0, 0.05) is 12.3 Å². The van der Waals surface area contributed by atoms with Gasteiger partial charge in [0.25, 0.3) is 0 Å². The molecule has 0 aliphatic rings. The third kappa shape index (κ3) is 2.92. The Balaban J connectivity index is 2.24. The van der Waals surface area contributed by atoms with Crippen molar-refractivity contribution in [2.45, 2.75) is 6.04 Å². The minimum absolute atomic E-state index is 0.199. The minimum atomic E-state index is -0.265. The van der Waals surface area contributed by atoms with Crippen LogP contribution in [-0.4, -0.2) is 7.11 Å². The third-order valence-electron chi connectivity index (χ3n) is 2.70. The molecule has 0 fully saturated rings. The number of ether oxygens (including phenoxy) is 1. The number of hydrogen-bond acceptors (Lipinski definition) is 2. The van der Waals surface area contributed by atoms with Gasteiger partial charge in [-0.1, -0.05) is 48.5 Å². The molecule has 0 aliphatic carbocycles. The number of nitrogens with one attached hydrogen (secondary N) is 1. The highest BCUT2D eigenvalue weighted by atomic mass is 16.5. The summed E-state index contributed by atoms with van der Waals surface area (Å²) in [5.41, 5.74) is 1.97. The van der Waals surface area contributed by atoms with E-state index >= 15 is 0 Å². The summed E-state index contributed by atoms with van der Waals surface area (Å²) in [5, 5.41) is 3.30. The highest BCUT2D eigenvalue weighted by molar-refractivity contribution is 5.47. The fourth-order valence-electron chi connectivity index (χ4n) is 1.76. The van der Waals surface area contributed by atoms with Gasteiger partial charge in [-0.15, -0.1) is 0 Å². The van der Waals surface area contributed by atoms with E-state index in [1.807, 2.05) is 60.7 Å². The zero-order chi connectivity index (χ0) is 12.8. The normalized spacial score (nSPS) is 11.6. The molecular weight excluding hydrogens is 222 g/mol. The summed E-state index contributed by atoms with van der Waals surface area (Å²) < 4.78 is 5.06. The molecule has 0 amide bonds. The van der Waals surface area contributed by atoms with Crippen LogP contribution in [0.2, 0.25) is 0 Å². The fraction of sp³-hybridized carbons (Fsp3) is 0.125. The van der Waals surface area contributed by atoms with E-state index in [0.29, 0.717) is 0 Å². The van der Waals surface area contributed by atoms with E-state index in [1.165, 1.54) is 7.11 Å². The van der Waals surface area contributed by atoms with Gasteiger partial charge in [0.2, 0.25) is 0 Å². The predicted molar refractivity (Wildman–Crippen MR) is 73.0 cm³/mol. The molecule has 1 N–H and O–H groups in total. The van der Waals surface area contributed by atoms with Gasteiger partial charge >= 0.3 is 0 Å².